The molecule has 0 unspecified atom stereocenters. The molecule has 0 saturated carbocycles. The van der Waals surface area contributed by atoms with Crippen molar-refractivity contribution in [3.8, 4) is 5.75 Å². The van der Waals surface area contributed by atoms with Crippen LogP contribution in [-0.4, -0.2) is 47.5 Å². The summed E-state index contributed by atoms with van der Waals surface area (Å²) in [6.07, 6.45) is 2.37. The summed E-state index contributed by atoms with van der Waals surface area (Å²) in [4.78, 5) is 31.2. The third-order valence-corrected chi connectivity index (χ3v) is 7.32. The van der Waals surface area contributed by atoms with E-state index in [9.17, 15) is 9.59 Å². The van der Waals surface area contributed by atoms with Crippen molar-refractivity contribution in [2.75, 3.05) is 19.7 Å². The van der Waals surface area contributed by atoms with Crippen molar-refractivity contribution in [1.82, 2.24) is 15.1 Å². The molecule has 1 N–H and O–H groups in total. The fourth-order valence-corrected chi connectivity index (χ4v) is 5.31. The molecule has 3 amide bonds. The van der Waals surface area contributed by atoms with Crippen molar-refractivity contribution in [3.63, 3.8) is 0 Å². The Hall–Kier alpha value is -3.26. The van der Waals surface area contributed by atoms with E-state index in [0.717, 1.165) is 17.7 Å². The minimum absolute atomic E-state index is 0.0433. The summed E-state index contributed by atoms with van der Waals surface area (Å²) >= 11 is 1.72. The normalized spacial score (nSPS) is 15.2. The maximum atomic E-state index is 13.6. The first-order valence-electron chi connectivity index (χ1n) is 12.5. The van der Waals surface area contributed by atoms with Gasteiger partial charge in [-0.2, -0.15) is 0 Å². The Morgan fingerprint density at radius 1 is 1.17 bits per heavy atom. The number of furan rings is 1. The van der Waals surface area contributed by atoms with Gasteiger partial charge in [0.1, 0.15) is 24.7 Å². The van der Waals surface area contributed by atoms with E-state index in [-0.39, 0.29) is 37.1 Å². The van der Waals surface area contributed by atoms with Crippen molar-refractivity contribution in [2.24, 2.45) is 0 Å². The van der Waals surface area contributed by atoms with E-state index >= 15 is 0 Å². The third-order valence-electron chi connectivity index (χ3n) is 6.32. The Balaban J connectivity index is 1.50. The number of carbonyl (C=O) groups is 2. The molecule has 3 aromatic rings. The van der Waals surface area contributed by atoms with Crippen molar-refractivity contribution in [3.05, 3.63) is 75.9 Å². The summed E-state index contributed by atoms with van der Waals surface area (Å²) in [6, 6.07) is 13.3. The second-order valence-electron chi connectivity index (χ2n) is 9.73. The van der Waals surface area contributed by atoms with Gasteiger partial charge in [0.05, 0.1) is 18.8 Å². The fraction of sp³-hybridized carbons (Fsp3) is 0.429. The van der Waals surface area contributed by atoms with E-state index in [1.54, 1.807) is 29.7 Å². The van der Waals surface area contributed by atoms with Gasteiger partial charge < -0.3 is 24.3 Å². The van der Waals surface area contributed by atoms with Gasteiger partial charge in [-0.15, -0.1) is 11.3 Å². The van der Waals surface area contributed by atoms with E-state index < -0.39 is 0 Å². The molecule has 1 aliphatic heterocycles. The van der Waals surface area contributed by atoms with E-state index in [0.29, 0.717) is 24.8 Å². The molecule has 0 saturated heterocycles. The van der Waals surface area contributed by atoms with E-state index in [1.165, 1.54) is 15.3 Å². The number of rotatable bonds is 9. The first-order valence-corrected chi connectivity index (χ1v) is 13.4. The number of nitrogens with zero attached hydrogens (tertiary/aromatic N) is 2. The van der Waals surface area contributed by atoms with Crippen LogP contribution >= 0.6 is 11.3 Å². The lowest BCUT2D eigenvalue weighted by atomic mass is 10.00. The van der Waals surface area contributed by atoms with Crippen LogP contribution in [0.4, 0.5) is 4.79 Å². The molecule has 192 valence electrons. The van der Waals surface area contributed by atoms with Crippen molar-refractivity contribution < 1.29 is 18.7 Å². The predicted octanol–water partition coefficient (Wildman–Crippen LogP) is 5.59. The Kier molecular flexibility index (Phi) is 8.36. The number of carbonyl (C=O) groups excluding carboxylic acids is 2. The average Bonchev–Trinajstić information content (AvgIpc) is 3.54. The smallest absolute Gasteiger partial charge is 0.318 e. The number of urea groups is 1. The zero-order chi connectivity index (χ0) is 25.7. The molecule has 36 heavy (non-hydrogen) atoms. The van der Waals surface area contributed by atoms with E-state index in [4.69, 9.17) is 9.15 Å². The number of benzene rings is 1. The van der Waals surface area contributed by atoms with Gasteiger partial charge in [0.2, 0.25) is 5.91 Å². The number of hydrogen-bond donors (Lipinski definition) is 1. The average molecular weight is 510 g/mol. The van der Waals surface area contributed by atoms with Gasteiger partial charge in [-0.3, -0.25) is 4.79 Å². The van der Waals surface area contributed by atoms with Gasteiger partial charge in [0.25, 0.3) is 0 Å². The maximum Gasteiger partial charge on any atom is 0.318 e. The minimum Gasteiger partial charge on any atom is -0.491 e. The molecule has 3 heterocycles. The van der Waals surface area contributed by atoms with Crippen molar-refractivity contribution in [2.45, 2.75) is 58.7 Å². The zero-order valence-corrected chi connectivity index (χ0v) is 22.2. The van der Waals surface area contributed by atoms with Crippen molar-refractivity contribution in [1.29, 1.82) is 0 Å². The highest BCUT2D eigenvalue weighted by Gasteiger charge is 2.33. The molecule has 1 aliphatic rings. The maximum absolute atomic E-state index is 13.6. The number of thiophene rings is 1. The quantitative estimate of drug-likeness (QED) is 0.408. The van der Waals surface area contributed by atoms with Crippen LogP contribution in [0.25, 0.3) is 0 Å². The molecule has 2 aromatic heterocycles. The third kappa shape index (κ3) is 6.29. The molecule has 0 aliphatic carbocycles. The molecule has 0 fully saturated rings. The number of nitrogens with one attached hydrogen (secondary N) is 1. The summed E-state index contributed by atoms with van der Waals surface area (Å²) in [5.74, 6) is 1.76. The lowest BCUT2D eigenvalue weighted by Crippen LogP contribution is -2.50. The highest BCUT2D eigenvalue weighted by molar-refractivity contribution is 7.10. The molecule has 7 nitrogen and oxygen atoms in total. The number of ether oxygens (including phenoxy) is 1. The summed E-state index contributed by atoms with van der Waals surface area (Å²) in [5.41, 5.74) is 2.39. The minimum atomic E-state index is -0.291. The molecular weight excluding hydrogens is 474 g/mol. The van der Waals surface area contributed by atoms with Gasteiger partial charge in [0, 0.05) is 17.5 Å². The second kappa shape index (κ2) is 11.6. The highest BCUT2D eigenvalue weighted by Crippen LogP contribution is 2.34. The van der Waals surface area contributed by atoms with Crippen LogP contribution in [0.5, 0.6) is 5.75 Å². The fourth-order valence-electron chi connectivity index (χ4n) is 4.38. The van der Waals surface area contributed by atoms with Crippen LogP contribution in [0.2, 0.25) is 0 Å². The summed E-state index contributed by atoms with van der Waals surface area (Å²) < 4.78 is 11.6. The van der Waals surface area contributed by atoms with Gasteiger partial charge in [-0.25, -0.2) is 4.79 Å². The number of amides is 3. The summed E-state index contributed by atoms with van der Waals surface area (Å²) in [6.45, 7) is 9.24. The Labute approximate surface area is 217 Å². The largest absolute Gasteiger partial charge is 0.491 e. The Morgan fingerprint density at radius 2 is 1.94 bits per heavy atom. The van der Waals surface area contributed by atoms with Crippen LogP contribution in [0.3, 0.4) is 0 Å². The van der Waals surface area contributed by atoms with Crippen LogP contribution < -0.4 is 10.1 Å². The van der Waals surface area contributed by atoms with Crippen molar-refractivity contribution >= 4 is 23.3 Å². The van der Waals surface area contributed by atoms with Gasteiger partial charge in [-0.05, 0) is 73.0 Å². The topological polar surface area (TPSA) is 75.0 Å². The highest BCUT2D eigenvalue weighted by atomic mass is 32.1. The molecule has 0 spiro atoms. The molecule has 1 aromatic carbocycles. The zero-order valence-electron chi connectivity index (χ0n) is 21.4. The van der Waals surface area contributed by atoms with Gasteiger partial charge >= 0.3 is 6.03 Å². The first-order chi connectivity index (χ1) is 17.3. The molecule has 0 radical (unpaired) electrons. The second-order valence-corrected chi connectivity index (χ2v) is 10.7. The molecule has 0 bridgehead atoms. The first kappa shape index (κ1) is 25.8. The SMILES string of the molecule is CC(C)NC(=O)N(CC(=O)N1CCc2sccc2[C@@H]1COc1ccc(C(C)C)cc1)Cc1ccco1. The number of fused-ring (bicyclic) bond motifs is 1. The Morgan fingerprint density at radius 3 is 2.61 bits per heavy atom. The molecule has 4 rings (SSSR count). The van der Waals surface area contributed by atoms with Crippen LogP contribution in [0.15, 0.2) is 58.5 Å². The molecule has 8 heteroatoms. The monoisotopic (exact) mass is 509 g/mol. The van der Waals surface area contributed by atoms with Gasteiger partial charge in [0.15, 0.2) is 0 Å². The Bertz CT molecular complexity index is 1140. The number of hydrogen-bond acceptors (Lipinski definition) is 5. The van der Waals surface area contributed by atoms with Gasteiger partial charge in [-0.1, -0.05) is 26.0 Å². The molecule has 1 atom stereocenters. The predicted molar refractivity (Wildman–Crippen MR) is 141 cm³/mol. The van der Waals surface area contributed by atoms with Crippen LogP contribution in [0.1, 0.15) is 61.4 Å². The summed E-state index contributed by atoms with van der Waals surface area (Å²) in [5, 5.41) is 4.97. The standard InChI is InChI=1S/C28H35N3O4S/c1-19(2)21-7-9-22(10-8-21)35-18-25-24-12-15-36-26(24)11-13-31(25)27(32)17-30(28(33)29-20(3)4)16-23-6-5-14-34-23/h5-10,12,14-15,19-20,25H,11,13,16-18H2,1-4H3,(H,29,33)/t25-/m0/s1. The van der Waals surface area contributed by atoms with Crippen LogP contribution in [-0.2, 0) is 17.8 Å². The molecular formula is C28H35N3O4S. The lowest BCUT2D eigenvalue weighted by Gasteiger charge is -2.37. The lowest BCUT2D eigenvalue weighted by molar-refractivity contribution is -0.135. The van der Waals surface area contributed by atoms with E-state index in [1.807, 2.05) is 30.9 Å². The van der Waals surface area contributed by atoms with Crippen LogP contribution in [0, 0.1) is 0 Å². The van der Waals surface area contributed by atoms with E-state index in [2.05, 4.69) is 42.7 Å². The summed E-state index contributed by atoms with van der Waals surface area (Å²) in [7, 11) is 0.